The first-order valence-corrected chi connectivity index (χ1v) is 6.27. The highest BCUT2D eigenvalue weighted by Gasteiger charge is 2.15. The van der Waals surface area contributed by atoms with E-state index in [0.717, 1.165) is 4.47 Å². The minimum atomic E-state index is -0.953. The summed E-state index contributed by atoms with van der Waals surface area (Å²) in [5, 5.41) is 11.3. The van der Waals surface area contributed by atoms with Gasteiger partial charge in [-0.1, -0.05) is 0 Å². The zero-order valence-corrected chi connectivity index (χ0v) is 11.5. The van der Waals surface area contributed by atoms with Crippen molar-refractivity contribution in [2.45, 2.75) is 19.4 Å². The number of carboxylic acids is 1. The van der Waals surface area contributed by atoms with Crippen LogP contribution >= 0.6 is 15.9 Å². The Balaban J connectivity index is 2.46. The van der Waals surface area contributed by atoms with Crippen LogP contribution in [0.1, 0.15) is 23.8 Å². The molecule has 0 aromatic carbocycles. The maximum absolute atomic E-state index is 11.7. The molecular formula is C11H15BrN2O4. The van der Waals surface area contributed by atoms with Gasteiger partial charge in [0.15, 0.2) is 0 Å². The van der Waals surface area contributed by atoms with Crippen molar-refractivity contribution in [1.82, 2.24) is 10.3 Å². The highest BCUT2D eigenvalue weighted by Crippen LogP contribution is 2.10. The van der Waals surface area contributed by atoms with Crippen LogP contribution in [0.3, 0.4) is 0 Å². The molecule has 0 bridgehead atoms. The molecule has 100 valence electrons. The lowest BCUT2D eigenvalue weighted by Gasteiger charge is -2.15. The molecule has 0 saturated carbocycles. The molecule has 1 unspecified atom stereocenters. The van der Waals surface area contributed by atoms with Crippen LogP contribution in [0.4, 0.5) is 0 Å². The maximum Gasteiger partial charge on any atom is 0.306 e. The standard InChI is InChI=1S/C11H15BrN2O4/c1-2-18-8(4-10(15)16)6-14-11(17)9-3-7(12)5-13-9/h3,5,8,13H,2,4,6H2,1H3,(H,14,17)(H,15,16). The summed E-state index contributed by atoms with van der Waals surface area (Å²) in [6.45, 7) is 2.34. The third kappa shape index (κ3) is 4.89. The molecule has 0 aliphatic carbocycles. The van der Waals surface area contributed by atoms with Crippen molar-refractivity contribution in [3.05, 3.63) is 22.4 Å². The number of nitrogens with one attached hydrogen (secondary N) is 2. The van der Waals surface area contributed by atoms with E-state index in [4.69, 9.17) is 9.84 Å². The van der Waals surface area contributed by atoms with E-state index in [-0.39, 0.29) is 18.9 Å². The molecule has 0 spiro atoms. The Kier molecular flexibility index (Phi) is 5.87. The lowest BCUT2D eigenvalue weighted by atomic mass is 10.2. The van der Waals surface area contributed by atoms with Gasteiger partial charge in [0.1, 0.15) is 5.69 Å². The normalized spacial score (nSPS) is 12.1. The number of amides is 1. The Morgan fingerprint density at radius 2 is 2.33 bits per heavy atom. The third-order valence-corrected chi connectivity index (χ3v) is 2.65. The van der Waals surface area contributed by atoms with Gasteiger partial charge in [0.2, 0.25) is 0 Å². The van der Waals surface area contributed by atoms with Crippen LogP contribution in [-0.4, -0.2) is 41.2 Å². The third-order valence-electron chi connectivity index (χ3n) is 2.19. The fraction of sp³-hybridized carbons (Fsp3) is 0.455. The number of hydrogen-bond donors (Lipinski definition) is 3. The Morgan fingerprint density at radius 1 is 1.61 bits per heavy atom. The minimum absolute atomic E-state index is 0.136. The Bertz CT molecular complexity index is 419. The van der Waals surface area contributed by atoms with Crippen LogP contribution in [0.5, 0.6) is 0 Å². The van der Waals surface area contributed by atoms with Crippen molar-refractivity contribution in [3.63, 3.8) is 0 Å². The first-order valence-electron chi connectivity index (χ1n) is 5.48. The largest absolute Gasteiger partial charge is 0.481 e. The van der Waals surface area contributed by atoms with Gasteiger partial charge in [-0.25, -0.2) is 0 Å². The highest BCUT2D eigenvalue weighted by molar-refractivity contribution is 9.10. The topological polar surface area (TPSA) is 91.4 Å². The van der Waals surface area contributed by atoms with Gasteiger partial charge < -0.3 is 20.1 Å². The van der Waals surface area contributed by atoms with Crippen molar-refractivity contribution in [1.29, 1.82) is 0 Å². The number of hydrogen-bond acceptors (Lipinski definition) is 3. The van der Waals surface area contributed by atoms with E-state index in [9.17, 15) is 9.59 Å². The summed E-state index contributed by atoms with van der Waals surface area (Å²) < 4.78 is 6.01. The van der Waals surface area contributed by atoms with E-state index in [1.807, 2.05) is 0 Å². The molecule has 1 aromatic heterocycles. The Hall–Kier alpha value is -1.34. The number of carbonyl (C=O) groups is 2. The molecule has 1 heterocycles. The number of rotatable bonds is 7. The summed E-state index contributed by atoms with van der Waals surface area (Å²) in [6.07, 6.45) is 0.990. The zero-order valence-electron chi connectivity index (χ0n) is 9.90. The van der Waals surface area contributed by atoms with E-state index in [1.165, 1.54) is 0 Å². The number of carboxylic acid groups (broad SMARTS) is 1. The number of ether oxygens (including phenoxy) is 1. The van der Waals surface area contributed by atoms with Gasteiger partial charge in [0.05, 0.1) is 12.5 Å². The smallest absolute Gasteiger partial charge is 0.306 e. The van der Waals surface area contributed by atoms with Crippen molar-refractivity contribution in [3.8, 4) is 0 Å². The molecule has 6 nitrogen and oxygen atoms in total. The molecule has 0 aliphatic heterocycles. The van der Waals surface area contributed by atoms with Crippen LogP contribution in [0.15, 0.2) is 16.7 Å². The second-order valence-electron chi connectivity index (χ2n) is 3.62. The van der Waals surface area contributed by atoms with Gasteiger partial charge in [-0.15, -0.1) is 0 Å². The van der Waals surface area contributed by atoms with Crippen molar-refractivity contribution in [2.75, 3.05) is 13.2 Å². The van der Waals surface area contributed by atoms with Crippen LogP contribution in [-0.2, 0) is 9.53 Å². The van der Waals surface area contributed by atoms with Crippen molar-refractivity contribution >= 4 is 27.8 Å². The average Bonchev–Trinajstić information content (AvgIpc) is 2.72. The minimum Gasteiger partial charge on any atom is -0.481 e. The summed E-state index contributed by atoms with van der Waals surface area (Å²) in [5.74, 6) is -1.25. The average molecular weight is 319 g/mol. The van der Waals surface area contributed by atoms with Crippen molar-refractivity contribution < 1.29 is 19.4 Å². The molecule has 18 heavy (non-hydrogen) atoms. The quantitative estimate of drug-likeness (QED) is 0.708. The van der Waals surface area contributed by atoms with Crippen LogP contribution < -0.4 is 5.32 Å². The lowest BCUT2D eigenvalue weighted by molar-refractivity contribution is -0.140. The molecule has 1 aromatic rings. The number of halogens is 1. The predicted octanol–water partition coefficient (Wildman–Crippen LogP) is 1.39. The Labute approximate surface area is 113 Å². The molecule has 0 saturated heterocycles. The molecule has 1 atom stereocenters. The summed E-state index contributed by atoms with van der Waals surface area (Å²) in [5.41, 5.74) is 0.410. The van der Waals surface area contributed by atoms with E-state index < -0.39 is 12.1 Å². The fourth-order valence-corrected chi connectivity index (χ4v) is 1.76. The van der Waals surface area contributed by atoms with E-state index in [1.54, 1.807) is 19.2 Å². The summed E-state index contributed by atoms with van der Waals surface area (Å²) in [4.78, 5) is 25.1. The molecule has 0 aliphatic rings. The first-order chi connectivity index (χ1) is 8.52. The molecule has 0 radical (unpaired) electrons. The number of aromatic amines is 1. The second kappa shape index (κ2) is 7.17. The summed E-state index contributed by atoms with van der Waals surface area (Å²) >= 11 is 3.22. The SMILES string of the molecule is CCOC(CNC(=O)c1cc(Br)c[nH]1)CC(=O)O. The number of aromatic nitrogens is 1. The number of carbonyl (C=O) groups excluding carboxylic acids is 1. The van der Waals surface area contributed by atoms with Gasteiger partial charge in [-0.05, 0) is 28.9 Å². The van der Waals surface area contributed by atoms with Gasteiger partial charge >= 0.3 is 5.97 Å². The highest BCUT2D eigenvalue weighted by atomic mass is 79.9. The van der Waals surface area contributed by atoms with Crippen LogP contribution in [0.25, 0.3) is 0 Å². The molecule has 1 amide bonds. The van der Waals surface area contributed by atoms with Crippen molar-refractivity contribution in [2.24, 2.45) is 0 Å². The van der Waals surface area contributed by atoms with Gasteiger partial charge in [0.25, 0.3) is 5.91 Å². The molecular weight excluding hydrogens is 304 g/mol. The lowest BCUT2D eigenvalue weighted by Crippen LogP contribution is -2.35. The molecule has 0 fully saturated rings. The van der Waals surface area contributed by atoms with E-state index >= 15 is 0 Å². The Morgan fingerprint density at radius 3 is 2.83 bits per heavy atom. The second-order valence-corrected chi connectivity index (χ2v) is 4.53. The summed E-state index contributed by atoms with van der Waals surface area (Å²) in [7, 11) is 0. The van der Waals surface area contributed by atoms with E-state index in [2.05, 4.69) is 26.2 Å². The number of aliphatic carboxylic acids is 1. The molecule has 3 N–H and O–H groups in total. The fourth-order valence-electron chi connectivity index (χ4n) is 1.42. The maximum atomic E-state index is 11.7. The first kappa shape index (κ1) is 14.7. The van der Waals surface area contributed by atoms with Crippen LogP contribution in [0, 0.1) is 0 Å². The van der Waals surface area contributed by atoms with Gasteiger partial charge in [-0.3, -0.25) is 9.59 Å². The summed E-state index contributed by atoms with van der Waals surface area (Å²) in [6, 6.07) is 1.64. The zero-order chi connectivity index (χ0) is 13.5. The van der Waals surface area contributed by atoms with Crippen LogP contribution in [0.2, 0.25) is 0 Å². The molecule has 1 rings (SSSR count). The number of H-pyrrole nitrogens is 1. The predicted molar refractivity (Wildman–Crippen MR) is 68.5 cm³/mol. The van der Waals surface area contributed by atoms with E-state index in [0.29, 0.717) is 12.3 Å². The monoisotopic (exact) mass is 318 g/mol. The van der Waals surface area contributed by atoms with Gasteiger partial charge in [-0.2, -0.15) is 0 Å². The molecule has 7 heteroatoms. The van der Waals surface area contributed by atoms with Gasteiger partial charge in [0, 0.05) is 23.8 Å².